The molecule has 0 aliphatic carbocycles. The molecule has 21 heavy (non-hydrogen) atoms. The Hall–Kier alpha value is -1.27. The number of sulfone groups is 1. The van der Waals surface area contributed by atoms with Gasteiger partial charge in [0, 0.05) is 11.2 Å². The molecule has 6 heteroatoms. The average molecular weight is 375 g/mol. The van der Waals surface area contributed by atoms with Crippen molar-refractivity contribution in [2.24, 2.45) is 0 Å². The number of halogens is 3. The van der Waals surface area contributed by atoms with Gasteiger partial charge in [-0.15, -0.1) is 0 Å². The third-order valence-electron chi connectivity index (χ3n) is 3.11. The Morgan fingerprint density at radius 1 is 1.05 bits per heavy atom. The fraction of sp³-hybridized carbons (Fsp3) is 0.200. The summed E-state index contributed by atoms with van der Waals surface area (Å²) in [6.45, 7) is 0. The molecule has 2 rings (SSSR count). The highest BCUT2D eigenvalue weighted by atomic mass is 79.9. The van der Waals surface area contributed by atoms with Crippen LogP contribution in [0.15, 0.2) is 53.4 Å². The summed E-state index contributed by atoms with van der Waals surface area (Å²) in [6, 6.07) is 11.5. The van der Waals surface area contributed by atoms with Crippen LogP contribution in [0.5, 0.6) is 0 Å². The maximum absolute atomic E-state index is 13.7. The average Bonchev–Trinajstić information content (AvgIpc) is 2.48. The van der Waals surface area contributed by atoms with Crippen molar-refractivity contribution in [1.82, 2.24) is 0 Å². The third-order valence-corrected chi connectivity index (χ3v) is 5.71. The minimum Gasteiger partial charge on any atom is -0.224 e. The van der Waals surface area contributed by atoms with E-state index in [0.717, 1.165) is 23.8 Å². The van der Waals surface area contributed by atoms with Crippen molar-refractivity contribution in [1.29, 1.82) is 0 Å². The van der Waals surface area contributed by atoms with E-state index in [1.165, 1.54) is 0 Å². The zero-order valence-corrected chi connectivity index (χ0v) is 13.4. The van der Waals surface area contributed by atoms with Gasteiger partial charge in [0.05, 0.1) is 5.75 Å². The van der Waals surface area contributed by atoms with Gasteiger partial charge in [0.25, 0.3) is 0 Å². The van der Waals surface area contributed by atoms with E-state index in [-0.39, 0.29) is 11.7 Å². The minimum absolute atomic E-state index is 0.289. The van der Waals surface area contributed by atoms with Crippen LogP contribution in [0.1, 0.15) is 11.5 Å². The van der Waals surface area contributed by atoms with Crippen molar-refractivity contribution >= 4 is 25.8 Å². The molecule has 0 aliphatic rings. The van der Waals surface area contributed by atoms with Crippen LogP contribution >= 0.6 is 15.9 Å². The van der Waals surface area contributed by atoms with Crippen LogP contribution in [0, 0.1) is 11.6 Å². The predicted octanol–water partition coefficient (Wildman–Crippen LogP) is 3.92. The number of hydrogen-bond acceptors (Lipinski definition) is 2. The lowest BCUT2D eigenvalue weighted by atomic mass is 10.0. The summed E-state index contributed by atoms with van der Waals surface area (Å²) in [5.74, 6) is -2.33. The van der Waals surface area contributed by atoms with Gasteiger partial charge in [-0.25, -0.2) is 17.2 Å². The van der Waals surface area contributed by atoms with Crippen molar-refractivity contribution in [2.75, 3.05) is 11.1 Å². The zero-order chi connectivity index (χ0) is 15.5. The molecule has 2 nitrogen and oxygen atoms in total. The summed E-state index contributed by atoms with van der Waals surface area (Å²) in [4.78, 5) is -0.593. The molecule has 0 saturated carbocycles. The van der Waals surface area contributed by atoms with Gasteiger partial charge in [-0.1, -0.05) is 46.3 Å². The van der Waals surface area contributed by atoms with Crippen molar-refractivity contribution in [3.05, 3.63) is 65.7 Å². The fourth-order valence-corrected chi connectivity index (χ4v) is 4.61. The van der Waals surface area contributed by atoms with Crippen LogP contribution in [0.2, 0.25) is 0 Å². The van der Waals surface area contributed by atoms with Crippen LogP contribution in [0.3, 0.4) is 0 Å². The zero-order valence-electron chi connectivity index (χ0n) is 11.0. The molecule has 0 bridgehead atoms. The molecule has 0 spiro atoms. The molecule has 0 aliphatic heterocycles. The second kappa shape index (κ2) is 6.66. The van der Waals surface area contributed by atoms with E-state index in [0.29, 0.717) is 5.33 Å². The molecule has 0 saturated heterocycles. The first-order chi connectivity index (χ1) is 9.94. The number of benzene rings is 2. The monoisotopic (exact) mass is 374 g/mol. The van der Waals surface area contributed by atoms with Gasteiger partial charge in [-0.05, 0) is 23.8 Å². The molecule has 0 heterocycles. The first-order valence-corrected chi connectivity index (χ1v) is 9.00. The Kier molecular flexibility index (Phi) is 5.11. The topological polar surface area (TPSA) is 34.1 Å². The lowest BCUT2D eigenvalue weighted by Crippen LogP contribution is -2.17. The van der Waals surface area contributed by atoms with Crippen molar-refractivity contribution in [3.63, 3.8) is 0 Å². The van der Waals surface area contributed by atoms with Crippen LogP contribution in [-0.2, 0) is 9.84 Å². The van der Waals surface area contributed by atoms with Crippen molar-refractivity contribution in [3.8, 4) is 0 Å². The van der Waals surface area contributed by atoms with Gasteiger partial charge in [-0.2, -0.15) is 0 Å². The molecule has 112 valence electrons. The Morgan fingerprint density at radius 2 is 1.71 bits per heavy atom. The molecule has 1 atom stereocenters. The summed E-state index contributed by atoms with van der Waals surface area (Å²) in [5.41, 5.74) is 0.828. The van der Waals surface area contributed by atoms with Gasteiger partial charge >= 0.3 is 0 Å². The second-order valence-corrected chi connectivity index (χ2v) is 7.27. The van der Waals surface area contributed by atoms with Gasteiger partial charge < -0.3 is 0 Å². The van der Waals surface area contributed by atoms with Crippen LogP contribution in [-0.4, -0.2) is 19.5 Å². The largest absolute Gasteiger partial charge is 0.224 e. The maximum atomic E-state index is 13.7. The normalized spacial score (nSPS) is 13.1. The van der Waals surface area contributed by atoms with E-state index in [1.54, 1.807) is 12.1 Å². The standard InChI is InChI=1S/C15H13BrF2O2S/c16-9-12(11-4-2-1-3-5-11)10-21(19,20)15-8-13(17)6-7-14(15)18/h1-8,12H,9-10H2. The lowest BCUT2D eigenvalue weighted by molar-refractivity contribution is 0.551. The SMILES string of the molecule is O=S(=O)(CC(CBr)c1ccccc1)c1cc(F)ccc1F. The molecular formula is C15H13BrF2O2S. The van der Waals surface area contributed by atoms with E-state index in [2.05, 4.69) is 15.9 Å². The first-order valence-electron chi connectivity index (χ1n) is 6.23. The van der Waals surface area contributed by atoms with E-state index >= 15 is 0 Å². The van der Waals surface area contributed by atoms with E-state index < -0.39 is 26.4 Å². The van der Waals surface area contributed by atoms with E-state index in [9.17, 15) is 17.2 Å². The van der Waals surface area contributed by atoms with Crippen molar-refractivity contribution in [2.45, 2.75) is 10.8 Å². The van der Waals surface area contributed by atoms with Gasteiger partial charge in [-0.3, -0.25) is 0 Å². The molecule has 0 radical (unpaired) electrons. The summed E-state index contributed by atoms with van der Waals surface area (Å²) in [7, 11) is -3.92. The second-order valence-electron chi connectivity index (χ2n) is 4.62. The summed E-state index contributed by atoms with van der Waals surface area (Å²) in [5, 5.41) is 0.410. The Labute approximate surface area is 130 Å². The molecule has 0 aromatic heterocycles. The quantitative estimate of drug-likeness (QED) is 0.743. The number of rotatable bonds is 5. The van der Waals surface area contributed by atoms with Gasteiger partial charge in [0.15, 0.2) is 9.84 Å². The van der Waals surface area contributed by atoms with Gasteiger partial charge in [0.1, 0.15) is 16.5 Å². The molecular weight excluding hydrogens is 362 g/mol. The van der Waals surface area contributed by atoms with Gasteiger partial charge in [0.2, 0.25) is 0 Å². The highest BCUT2D eigenvalue weighted by molar-refractivity contribution is 9.09. The first kappa shape index (κ1) is 16.1. The Balaban J connectivity index is 2.34. The smallest absolute Gasteiger partial charge is 0.182 e. The molecule has 0 N–H and O–H groups in total. The lowest BCUT2D eigenvalue weighted by Gasteiger charge is -2.15. The molecule has 1 unspecified atom stereocenters. The molecule has 2 aromatic rings. The summed E-state index contributed by atoms with van der Waals surface area (Å²) in [6.07, 6.45) is 0. The Bertz CT molecular complexity index is 718. The highest BCUT2D eigenvalue weighted by Crippen LogP contribution is 2.25. The van der Waals surface area contributed by atoms with Crippen LogP contribution < -0.4 is 0 Å². The summed E-state index contributed by atoms with van der Waals surface area (Å²) < 4.78 is 51.5. The third kappa shape index (κ3) is 3.89. The highest BCUT2D eigenvalue weighted by Gasteiger charge is 2.25. The number of alkyl halides is 1. The number of hydrogen-bond donors (Lipinski definition) is 0. The van der Waals surface area contributed by atoms with Crippen LogP contribution in [0.4, 0.5) is 8.78 Å². The summed E-state index contributed by atoms with van der Waals surface area (Å²) >= 11 is 3.28. The van der Waals surface area contributed by atoms with E-state index in [4.69, 9.17) is 0 Å². The van der Waals surface area contributed by atoms with Crippen molar-refractivity contribution < 1.29 is 17.2 Å². The Morgan fingerprint density at radius 3 is 2.33 bits per heavy atom. The predicted molar refractivity (Wildman–Crippen MR) is 81.4 cm³/mol. The fourth-order valence-electron chi connectivity index (χ4n) is 2.03. The minimum atomic E-state index is -3.92. The molecule has 2 aromatic carbocycles. The molecule has 0 fully saturated rings. The van der Waals surface area contributed by atoms with E-state index in [1.807, 2.05) is 18.2 Å². The molecule has 0 amide bonds. The van der Waals surface area contributed by atoms with Crippen LogP contribution in [0.25, 0.3) is 0 Å². The maximum Gasteiger partial charge on any atom is 0.182 e.